The summed E-state index contributed by atoms with van der Waals surface area (Å²) < 4.78 is 39.7. The minimum atomic E-state index is -1.08. The van der Waals surface area contributed by atoms with Gasteiger partial charge in [-0.2, -0.15) is 0 Å². The molecule has 1 saturated heterocycles. The molecule has 0 aliphatic carbocycles. The monoisotopic (exact) mass is 263 g/mol. The second kappa shape index (κ2) is 4.56. The molecule has 0 spiro atoms. The van der Waals surface area contributed by atoms with E-state index in [-0.39, 0.29) is 24.8 Å². The van der Waals surface area contributed by atoms with Gasteiger partial charge in [0, 0.05) is 31.0 Å². The molecule has 0 bridgehead atoms. The van der Waals surface area contributed by atoms with Gasteiger partial charge in [0.25, 0.3) is 0 Å². The van der Waals surface area contributed by atoms with E-state index < -0.39 is 29.0 Å². The van der Waals surface area contributed by atoms with E-state index in [0.717, 1.165) is 4.90 Å². The first-order valence-electron chi connectivity index (χ1n) is 5.03. The third-order valence-corrected chi connectivity index (χ3v) is 3.11. The van der Waals surface area contributed by atoms with Crippen LogP contribution in [0.25, 0.3) is 0 Å². The molecule has 1 fully saturated rings. The van der Waals surface area contributed by atoms with Crippen molar-refractivity contribution in [2.24, 2.45) is 5.92 Å². The molecule has 1 atom stereocenters. The molecule has 1 aliphatic rings. The first-order chi connectivity index (χ1) is 8.02. The van der Waals surface area contributed by atoms with Gasteiger partial charge in [-0.15, -0.1) is 11.6 Å². The van der Waals surface area contributed by atoms with E-state index >= 15 is 0 Å². The second-order valence-corrected chi connectivity index (χ2v) is 4.26. The van der Waals surface area contributed by atoms with Gasteiger partial charge in [-0.05, 0) is 5.92 Å². The Morgan fingerprint density at radius 2 is 1.88 bits per heavy atom. The Labute approximate surface area is 101 Å². The summed E-state index contributed by atoms with van der Waals surface area (Å²) in [4.78, 5) is 12.6. The first-order valence-corrected chi connectivity index (χ1v) is 5.57. The minimum Gasteiger partial charge on any atom is -0.307 e. The van der Waals surface area contributed by atoms with Gasteiger partial charge in [0.05, 0.1) is 0 Å². The molecular weight excluding hydrogens is 255 g/mol. The fraction of sp³-hybridized carbons (Fsp3) is 0.364. The molecule has 0 saturated carbocycles. The highest BCUT2D eigenvalue weighted by molar-refractivity contribution is 6.18. The van der Waals surface area contributed by atoms with Gasteiger partial charge in [0.15, 0.2) is 11.6 Å². The molecular formula is C11H9ClF3NO. The number of hydrogen-bond donors (Lipinski definition) is 0. The molecule has 92 valence electrons. The lowest BCUT2D eigenvalue weighted by Gasteiger charge is -2.17. The number of carbonyl (C=O) groups excluding carboxylic acids is 1. The van der Waals surface area contributed by atoms with Gasteiger partial charge >= 0.3 is 0 Å². The summed E-state index contributed by atoms with van der Waals surface area (Å²) in [6, 6.07) is 1.11. The van der Waals surface area contributed by atoms with Crippen molar-refractivity contribution < 1.29 is 18.0 Å². The van der Waals surface area contributed by atoms with Crippen LogP contribution in [-0.4, -0.2) is 18.3 Å². The van der Waals surface area contributed by atoms with Crippen LogP contribution in [0.3, 0.4) is 0 Å². The van der Waals surface area contributed by atoms with Crippen molar-refractivity contribution >= 4 is 23.2 Å². The molecule has 2 rings (SSSR count). The summed E-state index contributed by atoms with van der Waals surface area (Å²) in [6.45, 7) is 0.155. The predicted molar refractivity (Wildman–Crippen MR) is 57.5 cm³/mol. The van der Waals surface area contributed by atoms with E-state index in [1.54, 1.807) is 0 Å². The van der Waals surface area contributed by atoms with Gasteiger partial charge in [-0.1, -0.05) is 0 Å². The normalized spacial score (nSPS) is 20.1. The topological polar surface area (TPSA) is 20.3 Å². The maximum absolute atomic E-state index is 13.5. The fourth-order valence-corrected chi connectivity index (χ4v) is 2.10. The number of nitrogens with zero attached hydrogens (tertiary/aromatic N) is 1. The Bertz CT molecular complexity index is 443. The third kappa shape index (κ3) is 2.24. The summed E-state index contributed by atoms with van der Waals surface area (Å²) in [5.74, 6) is -3.46. The van der Waals surface area contributed by atoms with Gasteiger partial charge in [-0.3, -0.25) is 4.79 Å². The summed E-state index contributed by atoms with van der Waals surface area (Å²) in [6.07, 6.45) is 0.153. The second-order valence-electron chi connectivity index (χ2n) is 3.95. The molecule has 2 nitrogen and oxygen atoms in total. The Kier molecular flexibility index (Phi) is 3.28. The third-order valence-electron chi connectivity index (χ3n) is 2.67. The van der Waals surface area contributed by atoms with Crippen molar-refractivity contribution in [2.75, 3.05) is 17.3 Å². The van der Waals surface area contributed by atoms with Crippen LogP contribution in [0.15, 0.2) is 12.1 Å². The molecule has 1 aliphatic heterocycles. The number of hydrogen-bond acceptors (Lipinski definition) is 1. The molecule has 1 heterocycles. The standard InChI is InChI=1S/C11H9ClF3NO/c12-4-6-1-10(17)16(5-6)11-8(14)2-7(13)3-9(11)15/h2-3,6H,1,4-5H2. The number of amides is 1. The number of benzene rings is 1. The zero-order valence-electron chi connectivity index (χ0n) is 8.72. The zero-order valence-corrected chi connectivity index (χ0v) is 9.48. The number of carbonyl (C=O) groups is 1. The van der Waals surface area contributed by atoms with Gasteiger partial charge in [0.2, 0.25) is 5.91 Å². The van der Waals surface area contributed by atoms with Crippen LogP contribution in [0.4, 0.5) is 18.9 Å². The van der Waals surface area contributed by atoms with Crippen LogP contribution in [0.5, 0.6) is 0 Å². The van der Waals surface area contributed by atoms with Crippen molar-refractivity contribution in [1.29, 1.82) is 0 Å². The van der Waals surface area contributed by atoms with E-state index in [0.29, 0.717) is 12.1 Å². The molecule has 1 aromatic rings. The quantitative estimate of drug-likeness (QED) is 0.752. The van der Waals surface area contributed by atoms with E-state index in [2.05, 4.69) is 0 Å². The average molecular weight is 264 g/mol. The summed E-state index contributed by atoms with van der Waals surface area (Å²) >= 11 is 5.60. The van der Waals surface area contributed by atoms with Crippen molar-refractivity contribution in [3.8, 4) is 0 Å². The zero-order chi connectivity index (χ0) is 12.6. The molecule has 0 N–H and O–H groups in total. The van der Waals surface area contributed by atoms with Gasteiger partial charge in [0.1, 0.15) is 11.5 Å². The molecule has 1 aromatic carbocycles. The molecule has 6 heteroatoms. The van der Waals surface area contributed by atoms with Crippen LogP contribution in [0, 0.1) is 23.4 Å². The molecule has 1 unspecified atom stereocenters. The number of alkyl halides is 1. The lowest BCUT2D eigenvalue weighted by molar-refractivity contribution is -0.117. The van der Waals surface area contributed by atoms with Crippen molar-refractivity contribution in [2.45, 2.75) is 6.42 Å². The SMILES string of the molecule is O=C1CC(CCl)CN1c1c(F)cc(F)cc1F. The molecule has 0 radical (unpaired) electrons. The Morgan fingerprint density at radius 3 is 2.35 bits per heavy atom. The highest BCUT2D eigenvalue weighted by Crippen LogP contribution is 2.30. The maximum Gasteiger partial charge on any atom is 0.227 e. The van der Waals surface area contributed by atoms with Crippen molar-refractivity contribution in [3.63, 3.8) is 0 Å². The number of halogens is 4. The van der Waals surface area contributed by atoms with Crippen molar-refractivity contribution in [3.05, 3.63) is 29.6 Å². The summed E-state index contributed by atoms with van der Waals surface area (Å²) in [5.41, 5.74) is -0.496. The van der Waals surface area contributed by atoms with Crippen LogP contribution in [0.2, 0.25) is 0 Å². The predicted octanol–water partition coefficient (Wildman–Crippen LogP) is 2.70. The van der Waals surface area contributed by atoms with Crippen LogP contribution < -0.4 is 4.90 Å². The highest BCUT2D eigenvalue weighted by Gasteiger charge is 2.33. The van der Waals surface area contributed by atoms with E-state index in [4.69, 9.17) is 11.6 Å². The highest BCUT2D eigenvalue weighted by atomic mass is 35.5. The largest absolute Gasteiger partial charge is 0.307 e. The molecule has 17 heavy (non-hydrogen) atoms. The fourth-order valence-electron chi connectivity index (χ4n) is 1.89. The Morgan fingerprint density at radius 1 is 1.29 bits per heavy atom. The van der Waals surface area contributed by atoms with Crippen LogP contribution in [0.1, 0.15) is 6.42 Å². The molecule has 1 amide bonds. The first kappa shape index (κ1) is 12.2. The lowest BCUT2D eigenvalue weighted by atomic mass is 10.1. The van der Waals surface area contributed by atoms with E-state index in [1.807, 2.05) is 0 Å². The average Bonchev–Trinajstić information content (AvgIpc) is 2.59. The van der Waals surface area contributed by atoms with Crippen LogP contribution >= 0.6 is 11.6 Å². The Balaban J connectivity index is 2.38. The summed E-state index contributed by atoms with van der Waals surface area (Å²) in [7, 11) is 0. The smallest absolute Gasteiger partial charge is 0.227 e. The number of anilines is 1. The Hall–Kier alpha value is -1.23. The minimum absolute atomic E-state index is 0.131. The van der Waals surface area contributed by atoms with Gasteiger partial charge in [-0.25, -0.2) is 13.2 Å². The molecule has 0 aromatic heterocycles. The van der Waals surface area contributed by atoms with Crippen molar-refractivity contribution in [1.82, 2.24) is 0 Å². The van der Waals surface area contributed by atoms with Crippen LogP contribution in [-0.2, 0) is 4.79 Å². The van der Waals surface area contributed by atoms with Gasteiger partial charge < -0.3 is 4.90 Å². The number of rotatable bonds is 2. The summed E-state index contributed by atoms with van der Waals surface area (Å²) in [5, 5.41) is 0. The lowest BCUT2D eigenvalue weighted by Crippen LogP contribution is -2.27. The maximum atomic E-state index is 13.5. The van der Waals surface area contributed by atoms with E-state index in [1.165, 1.54) is 0 Å². The van der Waals surface area contributed by atoms with E-state index in [9.17, 15) is 18.0 Å².